The molecule has 0 aromatic carbocycles. The zero-order valence-corrected chi connectivity index (χ0v) is 11.1. The van der Waals surface area contributed by atoms with Crippen LogP contribution in [-0.4, -0.2) is 31.2 Å². The summed E-state index contributed by atoms with van der Waals surface area (Å²) < 4.78 is 0. The summed E-state index contributed by atoms with van der Waals surface area (Å²) in [6.45, 7) is 7.17. The maximum Gasteiger partial charge on any atom is 0.0481 e. The first-order valence-corrected chi connectivity index (χ1v) is 7.36. The molecular weight excluding hydrogens is 196 g/mol. The summed E-state index contributed by atoms with van der Waals surface area (Å²) >= 11 is 0. The topological polar surface area (TPSA) is 15.3 Å². The molecule has 1 fully saturated rings. The molecule has 1 N–H and O–H groups in total. The van der Waals surface area contributed by atoms with E-state index in [1.165, 1.54) is 77.4 Å². The second-order valence-electron chi connectivity index (χ2n) is 5.10. The molecule has 1 rings (SSSR count). The number of unbranched alkanes of at least 4 members (excludes halogenated alkanes) is 8. The van der Waals surface area contributed by atoms with E-state index >= 15 is 0 Å². The third-order valence-corrected chi connectivity index (χ3v) is 3.52. The number of hydrogen-bond acceptors (Lipinski definition) is 2. The Morgan fingerprint density at radius 1 is 0.875 bits per heavy atom. The van der Waals surface area contributed by atoms with Crippen LogP contribution < -0.4 is 5.32 Å². The largest absolute Gasteiger partial charge is 0.303 e. The van der Waals surface area contributed by atoms with Crippen molar-refractivity contribution in [3.8, 4) is 0 Å². The molecule has 0 aromatic heterocycles. The average Bonchev–Trinajstić information content (AvgIpc) is 2.80. The van der Waals surface area contributed by atoms with Gasteiger partial charge in [0.05, 0.1) is 0 Å². The lowest BCUT2D eigenvalue weighted by Gasteiger charge is -2.12. The van der Waals surface area contributed by atoms with Crippen molar-refractivity contribution in [2.45, 2.75) is 64.7 Å². The van der Waals surface area contributed by atoms with E-state index in [0.29, 0.717) is 0 Å². The fourth-order valence-corrected chi connectivity index (χ4v) is 2.39. The van der Waals surface area contributed by atoms with Crippen LogP contribution in [0.1, 0.15) is 64.7 Å². The highest BCUT2D eigenvalue weighted by Crippen LogP contribution is 2.10. The average molecular weight is 226 g/mol. The van der Waals surface area contributed by atoms with Gasteiger partial charge in [0.1, 0.15) is 0 Å². The summed E-state index contributed by atoms with van der Waals surface area (Å²) in [6.07, 6.45) is 12.9. The van der Waals surface area contributed by atoms with Gasteiger partial charge in [-0.2, -0.15) is 0 Å². The lowest BCUT2D eigenvalue weighted by Crippen LogP contribution is -2.22. The Bertz CT molecular complexity index is 142. The van der Waals surface area contributed by atoms with Crippen LogP contribution in [0.5, 0.6) is 0 Å². The Labute approximate surface area is 102 Å². The van der Waals surface area contributed by atoms with Crippen LogP contribution >= 0.6 is 0 Å². The molecule has 2 nitrogen and oxygen atoms in total. The third kappa shape index (κ3) is 7.24. The molecule has 0 unspecified atom stereocenters. The highest BCUT2D eigenvalue weighted by atomic mass is 15.3. The predicted octanol–water partition coefficient (Wildman–Crippen LogP) is 3.38. The van der Waals surface area contributed by atoms with Crippen LogP contribution in [0.4, 0.5) is 0 Å². The lowest BCUT2D eigenvalue weighted by molar-refractivity contribution is 0.324. The van der Waals surface area contributed by atoms with Gasteiger partial charge in [0, 0.05) is 19.8 Å². The van der Waals surface area contributed by atoms with Crippen molar-refractivity contribution in [3.63, 3.8) is 0 Å². The minimum absolute atomic E-state index is 1.12. The number of rotatable bonds is 10. The molecule has 0 atom stereocenters. The molecule has 16 heavy (non-hydrogen) atoms. The maximum atomic E-state index is 3.38. The predicted molar refractivity (Wildman–Crippen MR) is 71.7 cm³/mol. The Morgan fingerprint density at radius 3 is 2.06 bits per heavy atom. The molecule has 1 aliphatic heterocycles. The van der Waals surface area contributed by atoms with Gasteiger partial charge in [-0.05, 0) is 13.0 Å². The monoisotopic (exact) mass is 226 g/mol. The first-order chi connectivity index (χ1) is 7.93. The molecule has 96 valence electrons. The van der Waals surface area contributed by atoms with Crippen molar-refractivity contribution in [3.05, 3.63) is 0 Å². The van der Waals surface area contributed by atoms with Crippen LogP contribution in [0.25, 0.3) is 0 Å². The summed E-state index contributed by atoms with van der Waals surface area (Å²) in [7, 11) is 0. The Morgan fingerprint density at radius 2 is 1.50 bits per heavy atom. The molecule has 2 heteroatoms. The fourth-order valence-electron chi connectivity index (χ4n) is 2.39. The van der Waals surface area contributed by atoms with Gasteiger partial charge in [-0.3, -0.25) is 4.90 Å². The summed E-state index contributed by atoms with van der Waals surface area (Å²) in [4.78, 5) is 2.53. The van der Waals surface area contributed by atoms with E-state index in [2.05, 4.69) is 17.1 Å². The molecule has 0 radical (unpaired) electrons. The van der Waals surface area contributed by atoms with Gasteiger partial charge in [0.25, 0.3) is 0 Å². The fraction of sp³-hybridized carbons (Fsp3) is 1.00. The molecular formula is C14H30N2. The van der Waals surface area contributed by atoms with Crippen LogP contribution in [-0.2, 0) is 0 Å². The maximum absolute atomic E-state index is 3.38. The van der Waals surface area contributed by atoms with E-state index in [0.717, 1.165) is 6.67 Å². The summed E-state index contributed by atoms with van der Waals surface area (Å²) in [6, 6.07) is 0. The lowest BCUT2D eigenvalue weighted by atomic mass is 10.1. The van der Waals surface area contributed by atoms with Crippen LogP contribution in [0.3, 0.4) is 0 Å². The first-order valence-electron chi connectivity index (χ1n) is 7.36. The smallest absolute Gasteiger partial charge is 0.0481 e. The van der Waals surface area contributed by atoms with Gasteiger partial charge in [-0.25, -0.2) is 0 Å². The quantitative estimate of drug-likeness (QED) is 0.575. The second-order valence-corrected chi connectivity index (χ2v) is 5.10. The minimum Gasteiger partial charge on any atom is -0.303 e. The highest BCUT2D eigenvalue weighted by Gasteiger charge is 2.08. The van der Waals surface area contributed by atoms with Gasteiger partial charge in [-0.15, -0.1) is 0 Å². The zero-order valence-electron chi connectivity index (χ0n) is 11.1. The van der Waals surface area contributed by atoms with E-state index in [4.69, 9.17) is 0 Å². The van der Waals surface area contributed by atoms with Gasteiger partial charge < -0.3 is 5.32 Å². The molecule has 0 aromatic rings. The highest BCUT2D eigenvalue weighted by molar-refractivity contribution is 4.65. The van der Waals surface area contributed by atoms with E-state index in [1.807, 2.05) is 0 Å². The van der Waals surface area contributed by atoms with Crippen molar-refractivity contribution in [1.29, 1.82) is 0 Å². The minimum atomic E-state index is 1.12. The van der Waals surface area contributed by atoms with Gasteiger partial charge >= 0.3 is 0 Å². The SMILES string of the molecule is CCCCCCCCCCCN1CCNC1. The summed E-state index contributed by atoms with van der Waals surface area (Å²) in [5, 5.41) is 3.38. The van der Waals surface area contributed by atoms with E-state index in [9.17, 15) is 0 Å². The van der Waals surface area contributed by atoms with Crippen molar-refractivity contribution in [1.82, 2.24) is 10.2 Å². The zero-order chi connectivity index (χ0) is 11.5. The van der Waals surface area contributed by atoms with Crippen molar-refractivity contribution in [2.75, 3.05) is 26.3 Å². The van der Waals surface area contributed by atoms with Crippen molar-refractivity contribution in [2.24, 2.45) is 0 Å². The van der Waals surface area contributed by atoms with Gasteiger partial charge in [0.15, 0.2) is 0 Å². The molecule has 0 bridgehead atoms. The van der Waals surface area contributed by atoms with Crippen molar-refractivity contribution < 1.29 is 0 Å². The van der Waals surface area contributed by atoms with Crippen molar-refractivity contribution >= 4 is 0 Å². The molecule has 1 saturated heterocycles. The van der Waals surface area contributed by atoms with E-state index in [-0.39, 0.29) is 0 Å². The van der Waals surface area contributed by atoms with Gasteiger partial charge in [-0.1, -0.05) is 58.3 Å². The van der Waals surface area contributed by atoms with Crippen LogP contribution in [0, 0.1) is 0 Å². The van der Waals surface area contributed by atoms with E-state index < -0.39 is 0 Å². The third-order valence-electron chi connectivity index (χ3n) is 3.52. The molecule has 1 aliphatic rings. The number of hydrogen-bond donors (Lipinski definition) is 1. The Hall–Kier alpha value is -0.0800. The Balaban J connectivity index is 1.71. The van der Waals surface area contributed by atoms with Crippen LogP contribution in [0.2, 0.25) is 0 Å². The summed E-state index contributed by atoms with van der Waals surface area (Å²) in [5.74, 6) is 0. The molecule has 0 amide bonds. The Kier molecular flexibility index (Phi) is 8.83. The number of nitrogens with one attached hydrogen (secondary N) is 1. The second kappa shape index (κ2) is 10.1. The normalized spacial score (nSPS) is 17.1. The molecule has 1 heterocycles. The molecule has 0 aliphatic carbocycles. The summed E-state index contributed by atoms with van der Waals surface area (Å²) in [5.41, 5.74) is 0. The van der Waals surface area contributed by atoms with E-state index in [1.54, 1.807) is 0 Å². The molecule has 0 spiro atoms. The molecule has 0 saturated carbocycles. The standard InChI is InChI=1S/C14H30N2/c1-2-3-4-5-6-7-8-9-10-12-16-13-11-15-14-16/h15H,2-14H2,1H3. The van der Waals surface area contributed by atoms with Gasteiger partial charge in [0.2, 0.25) is 0 Å². The number of nitrogens with zero attached hydrogens (tertiary/aromatic N) is 1. The van der Waals surface area contributed by atoms with Crippen LogP contribution in [0.15, 0.2) is 0 Å². The first kappa shape index (κ1) is 14.0.